The van der Waals surface area contributed by atoms with Gasteiger partial charge >= 0.3 is 0 Å². The predicted octanol–water partition coefficient (Wildman–Crippen LogP) is 5.49. The second-order valence-corrected chi connectivity index (χ2v) is 6.64. The van der Waals surface area contributed by atoms with Crippen LogP contribution in [0.5, 0.6) is 0 Å². The molecule has 0 radical (unpaired) electrons. The lowest BCUT2D eigenvalue weighted by Gasteiger charge is -2.12. The van der Waals surface area contributed by atoms with Crippen molar-refractivity contribution < 1.29 is 0 Å². The smallest absolute Gasteiger partial charge is 0.0524 e. The zero-order valence-corrected chi connectivity index (χ0v) is 14.5. The van der Waals surface area contributed by atoms with E-state index >= 15 is 0 Å². The van der Waals surface area contributed by atoms with Gasteiger partial charge in [-0.25, -0.2) is 0 Å². The van der Waals surface area contributed by atoms with Gasteiger partial charge in [0.25, 0.3) is 0 Å². The third-order valence-corrected chi connectivity index (χ3v) is 5.59. The first kappa shape index (κ1) is 14.2. The van der Waals surface area contributed by atoms with Crippen molar-refractivity contribution in [3.8, 4) is 0 Å². The standard InChI is InChI=1S/C20H25N/c1-10-9-11(2)17-18-15(6)13(4)14(5)16(7)20(18)21(8)19(17)12(10)3/h9H,1-8H3. The van der Waals surface area contributed by atoms with E-state index in [-0.39, 0.29) is 0 Å². The molecule has 1 aromatic heterocycles. The van der Waals surface area contributed by atoms with Gasteiger partial charge in [0.15, 0.2) is 0 Å². The van der Waals surface area contributed by atoms with Crippen LogP contribution in [0.2, 0.25) is 0 Å². The van der Waals surface area contributed by atoms with E-state index in [9.17, 15) is 0 Å². The normalized spacial score (nSPS) is 11.8. The van der Waals surface area contributed by atoms with E-state index in [2.05, 4.69) is 66.1 Å². The second-order valence-electron chi connectivity index (χ2n) is 6.64. The highest BCUT2D eigenvalue weighted by Gasteiger charge is 2.19. The lowest BCUT2D eigenvalue weighted by molar-refractivity contribution is 0.995. The third kappa shape index (κ3) is 1.64. The maximum atomic E-state index is 2.41. The van der Waals surface area contributed by atoms with Crippen LogP contribution < -0.4 is 0 Å². The van der Waals surface area contributed by atoms with Crippen molar-refractivity contribution >= 4 is 21.8 Å². The highest BCUT2D eigenvalue weighted by atomic mass is 14.9. The molecule has 1 heteroatoms. The van der Waals surface area contributed by atoms with Crippen molar-refractivity contribution in [1.82, 2.24) is 4.57 Å². The van der Waals surface area contributed by atoms with Gasteiger partial charge in [-0.3, -0.25) is 0 Å². The minimum atomic E-state index is 1.38. The molecule has 0 atom stereocenters. The molecule has 3 aromatic rings. The Bertz CT molecular complexity index is 908. The van der Waals surface area contributed by atoms with E-state index < -0.39 is 0 Å². The Balaban J connectivity index is 2.79. The average molecular weight is 279 g/mol. The summed E-state index contributed by atoms with van der Waals surface area (Å²) in [5.74, 6) is 0. The molecule has 2 aromatic carbocycles. The fourth-order valence-electron chi connectivity index (χ4n) is 3.93. The first-order chi connectivity index (χ1) is 9.77. The molecule has 0 unspecified atom stereocenters. The van der Waals surface area contributed by atoms with Crippen molar-refractivity contribution in [3.63, 3.8) is 0 Å². The lowest BCUT2D eigenvalue weighted by atomic mass is 9.92. The van der Waals surface area contributed by atoms with Crippen molar-refractivity contribution in [3.05, 3.63) is 45.0 Å². The number of aryl methyl sites for hydroxylation is 6. The SMILES string of the molecule is Cc1cc(C)c2c3c(C)c(C)c(C)c(C)c3n(C)c2c1C. The molecular weight excluding hydrogens is 254 g/mol. The van der Waals surface area contributed by atoms with E-state index in [1.165, 1.54) is 60.8 Å². The molecule has 0 spiro atoms. The first-order valence-electron chi connectivity index (χ1n) is 7.72. The summed E-state index contributed by atoms with van der Waals surface area (Å²) in [6.45, 7) is 15.8. The van der Waals surface area contributed by atoms with E-state index in [0.717, 1.165) is 0 Å². The fraction of sp³-hybridized carbons (Fsp3) is 0.400. The molecule has 0 aliphatic carbocycles. The first-order valence-corrected chi connectivity index (χ1v) is 7.72. The van der Waals surface area contributed by atoms with Gasteiger partial charge in [-0.05, 0) is 87.4 Å². The summed E-state index contributed by atoms with van der Waals surface area (Å²) in [7, 11) is 2.22. The minimum Gasteiger partial charge on any atom is -0.343 e. The molecule has 1 heterocycles. The number of nitrogens with zero attached hydrogens (tertiary/aromatic N) is 1. The zero-order valence-electron chi connectivity index (χ0n) is 14.5. The Morgan fingerprint density at radius 2 is 1.10 bits per heavy atom. The molecule has 0 aliphatic heterocycles. The maximum absolute atomic E-state index is 2.41. The monoisotopic (exact) mass is 279 g/mol. The molecule has 0 bridgehead atoms. The Kier molecular flexibility index (Phi) is 2.95. The Morgan fingerprint density at radius 3 is 1.71 bits per heavy atom. The van der Waals surface area contributed by atoms with Crippen LogP contribution in [0.15, 0.2) is 6.07 Å². The van der Waals surface area contributed by atoms with Crippen molar-refractivity contribution in [2.75, 3.05) is 0 Å². The number of benzene rings is 2. The van der Waals surface area contributed by atoms with Gasteiger partial charge in [0.05, 0.1) is 11.0 Å². The molecule has 0 fully saturated rings. The van der Waals surface area contributed by atoms with Gasteiger partial charge in [-0.15, -0.1) is 0 Å². The van der Waals surface area contributed by atoms with Crippen LogP contribution >= 0.6 is 0 Å². The topological polar surface area (TPSA) is 4.93 Å². The number of rotatable bonds is 0. The Hall–Kier alpha value is -1.76. The molecule has 0 saturated carbocycles. The van der Waals surface area contributed by atoms with Gasteiger partial charge in [0, 0.05) is 17.8 Å². The highest BCUT2D eigenvalue weighted by molar-refractivity contribution is 6.14. The minimum absolute atomic E-state index is 1.38. The summed E-state index contributed by atoms with van der Waals surface area (Å²) < 4.78 is 2.41. The summed E-state index contributed by atoms with van der Waals surface area (Å²) in [4.78, 5) is 0. The van der Waals surface area contributed by atoms with E-state index in [1.54, 1.807) is 0 Å². The zero-order chi connectivity index (χ0) is 15.6. The van der Waals surface area contributed by atoms with Gasteiger partial charge in [-0.1, -0.05) is 6.07 Å². The molecule has 3 rings (SSSR count). The molecule has 0 amide bonds. The summed E-state index contributed by atoms with van der Waals surface area (Å²) >= 11 is 0. The van der Waals surface area contributed by atoms with Gasteiger partial charge < -0.3 is 4.57 Å². The van der Waals surface area contributed by atoms with Crippen molar-refractivity contribution in [2.24, 2.45) is 7.05 Å². The van der Waals surface area contributed by atoms with Crippen molar-refractivity contribution in [1.29, 1.82) is 0 Å². The van der Waals surface area contributed by atoms with Gasteiger partial charge in [0.2, 0.25) is 0 Å². The predicted molar refractivity (Wildman–Crippen MR) is 93.6 cm³/mol. The number of hydrogen-bond acceptors (Lipinski definition) is 0. The fourth-order valence-corrected chi connectivity index (χ4v) is 3.93. The number of hydrogen-bond donors (Lipinski definition) is 0. The third-order valence-electron chi connectivity index (χ3n) is 5.59. The van der Waals surface area contributed by atoms with Crippen LogP contribution in [-0.2, 0) is 7.05 Å². The highest BCUT2D eigenvalue weighted by Crippen LogP contribution is 2.39. The summed E-state index contributed by atoms with van der Waals surface area (Å²) in [6.07, 6.45) is 0. The van der Waals surface area contributed by atoms with Crippen LogP contribution in [0, 0.1) is 48.5 Å². The van der Waals surface area contributed by atoms with Crippen LogP contribution in [0.4, 0.5) is 0 Å². The van der Waals surface area contributed by atoms with Crippen LogP contribution in [0.3, 0.4) is 0 Å². The largest absolute Gasteiger partial charge is 0.343 e. The molecule has 110 valence electrons. The van der Waals surface area contributed by atoms with E-state index in [4.69, 9.17) is 0 Å². The maximum Gasteiger partial charge on any atom is 0.0524 e. The molecular formula is C20H25N. The van der Waals surface area contributed by atoms with Crippen LogP contribution in [0.1, 0.15) is 38.9 Å². The molecule has 21 heavy (non-hydrogen) atoms. The molecule has 0 saturated heterocycles. The Labute approximate surface area is 127 Å². The quantitative estimate of drug-likeness (QED) is 0.513. The number of aromatic nitrogens is 1. The van der Waals surface area contributed by atoms with E-state index in [1.807, 2.05) is 0 Å². The van der Waals surface area contributed by atoms with Gasteiger partial charge in [-0.2, -0.15) is 0 Å². The molecule has 0 N–H and O–H groups in total. The summed E-state index contributed by atoms with van der Waals surface area (Å²) in [5, 5.41) is 2.90. The molecule has 1 nitrogen and oxygen atoms in total. The van der Waals surface area contributed by atoms with Crippen LogP contribution in [0.25, 0.3) is 21.8 Å². The van der Waals surface area contributed by atoms with Gasteiger partial charge in [0.1, 0.15) is 0 Å². The summed E-state index contributed by atoms with van der Waals surface area (Å²) in [5.41, 5.74) is 12.7. The van der Waals surface area contributed by atoms with Crippen molar-refractivity contribution in [2.45, 2.75) is 48.5 Å². The molecule has 0 aliphatic rings. The second kappa shape index (κ2) is 4.37. The summed E-state index contributed by atoms with van der Waals surface area (Å²) in [6, 6.07) is 2.33. The van der Waals surface area contributed by atoms with Crippen LogP contribution in [-0.4, -0.2) is 4.57 Å². The lowest BCUT2D eigenvalue weighted by Crippen LogP contribution is -1.97. The average Bonchev–Trinajstić information content (AvgIpc) is 2.74. The number of fused-ring (bicyclic) bond motifs is 3. The Morgan fingerprint density at radius 1 is 0.571 bits per heavy atom. The van der Waals surface area contributed by atoms with E-state index in [0.29, 0.717) is 0 Å².